The Labute approximate surface area is 143 Å². The lowest BCUT2D eigenvalue weighted by Gasteiger charge is -2.12. The monoisotopic (exact) mass is 343 g/mol. The van der Waals surface area contributed by atoms with Gasteiger partial charge in [0.2, 0.25) is 5.91 Å². The summed E-state index contributed by atoms with van der Waals surface area (Å²) in [6.07, 6.45) is -0.118. The Morgan fingerprint density at radius 2 is 1.88 bits per heavy atom. The van der Waals surface area contributed by atoms with Crippen LogP contribution in [0.2, 0.25) is 0 Å². The summed E-state index contributed by atoms with van der Waals surface area (Å²) in [5, 5.41) is 14.0. The van der Waals surface area contributed by atoms with Gasteiger partial charge < -0.3 is 15.8 Å². The van der Waals surface area contributed by atoms with Crippen molar-refractivity contribution in [2.75, 3.05) is 11.9 Å². The summed E-state index contributed by atoms with van der Waals surface area (Å²) in [4.78, 5) is 33.3. The van der Waals surface area contributed by atoms with Gasteiger partial charge in [-0.05, 0) is 11.6 Å². The van der Waals surface area contributed by atoms with E-state index in [1.54, 1.807) is 0 Å². The van der Waals surface area contributed by atoms with E-state index in [1.165, 1.54) is 12.1 Å². The summed E-state index contributed by atoms with van der Waals surface area (Å²) >= 11 is 0. The minimum absolute atomic E-state index is 0.0228. The molecule has 0 aliphatic heterocycles. The average Bonchev–Trinajstić information content (AvgIpc) is 2.60. The van der Waals surface area contributed by atoms with Gasteiger partial charge in [-0.1, -0.05) is 30.3 Å². The molecule has 25 heavy (non-hydrogen) atoms. The van der Waals surface area contributed by atoms with Crippen LogP contribution in [-0.4, -0.2) is 23.4 Å². The van der Waals surface area contributed by atoms with E-state index < -0.39 is 16.8 Å². The molecule has 0 aromatic heterocycles. The van der Waals surface area contributed by atoms with Crippen LogP contribution in [0.1, 0.15) is 22.3 Å². The number of carbonyl (C=O) groups is 2. The molecule has 0 aliphatic carbocycles. The SMILES string of the molecule is NC(=O)CCOC(=O)c1cc([N+](=O)[O-])ccc1NCc1ccccc1. The molecule has 0 spiro atoms. The van der Waals surface area contributed by atoms with Crippen molar-refractivity contribution in [3.05, 3.63) is 69.8 Å². The van der Waals surface area contributed by atoms with E-state index in [0.717, 1.165) is 11.6 Å². The normalized spacial score (nSPS) is 10.1. The fraction of sp³-hybridized carbons (Fsp3) is 0.176. The number of rotatable bonds is 8. The van der Waals surface area contributed by atoms with Crippen molar-refractivity contribution in [2.24, 2.45) is 5.73 Å². The molecule has 8 nitrogen and oxygen atoms in total. The second-order valence-corrected chi connectivity index (χ2v) is 5.18. The highest BCUT2D eigenvalue weighted by Gasteiger charge is 2.18. The van der Waals surface area contributed by atoms with Crippen molar-refractivity contribution >= 4 is 23.3 Å². The lowest BCUT2D eigenvalue weighted by molar-refractivity contribution is -0.384. The number of ether oxygens (including phenoxy) is 1. The Morgan fingerprint density at radius 1 is 1.16 bits per heavy atom. The van der Waals surface area contributed by atoms with Crippen LogP contribution in [0.15, 0.2) is 48.5 Å². The molecule has 0 radical (unpaired) electrons. The second kappa shape index (κ2) is 8.44. The van der Waals surface area contributed by atoms with E-state index in [4.69, 9.17) is 10.5 Å². The predicted octanol–water partition coefficient (Wildman–Crippen LogP) is 2.24. The summed E-state index contributed by atoms with van der Waals surface area (Å²) in [5.41, 5.74) is 6.17. The molecule has 1 amide bonds. The number of benzene rings is 2. The average molecular weight is 343 g/mol. The van der Waals surface area contributed by atoms with Crippen LogP contribution in [0.4, 0.5) is 11.4 Å². The van der Waals surface area contributed by atoms with Gasteiger partial charge in [0.1, 0.15) is 6.61 Å². The third-order valence-electron chi connectivity index (χ3n) is 3.34. The standard InChI is InChI=1S/C17H17N3O5/c18-16(21)8-9-25-17(22)14-10-13(20(23)24)6-7-15(14)19-11-12-4-2-1-3-5-12/h1-7,10,19H,8-9,11H2,(H2,18,21). The van der Waals surface area contributed by atoms with Crippen molar-refractivity contribution in [1.29, 1.82) is 0 Å². The van der Waals surface area contributed by atoms with Gasteiger partial charge in [0.05, 0.1) is 16.9 Å². The van der Waals surface area contributed by atoms with Crippen LogP contribution in [0.3, 0.4) is 0 Å². The second-order valence-electron chi connectivity index (χ2n) is 5.18. The molecule has 0 saturated heterocycles. The Balaban J connectivity index is 2.17. The third-order valence-corrected chi connectivity index (χ3v) is 3.34. The number of anilines is 1. The van der Waals surface area contributed by atoms with E-state index in [-0.39, 0.29) is 24.3 Å². The first-order valence-electron chi connectivity index (χ1n) is 7.49. The smallest absolute Gasteiger partial charge is 0.340 e. The van der Waals surface area contributed by atoms with Crippen LogP contribution >= 0.6 is 0 Å². The van der Waals surface area contributed by atoms with Gasteiger partial charge in [-0.2, -0.15) is 0 Å². The quantitative estimate of drug-likeness (QED) is 0.430. The van der Waals surface area contributed by atoms with Gasteiger partial charge in [-0.15, -0.1) is 0 Å². The van der Waals surface area contributed by atoms with Crippen molar-refractivity contribution in [3.8, 4) is 0 Å². The number of esters is 1. The molecular formula is C17H17N3O5. The van der Waals surface area contributed by atoms with Crippen LogP contribution < -0.4 is 11.1 Å². The van der Waals surface area contributed by atoms with Gasteiger partial charge in [0.15, 0.2) is 0 Å². The number of nitro benzene ring substituents is 1. The Morgan fingerprint density at radius 3 is 2.52 bits per heavy atom. The van der Waals surface area contributed by atoms with Gasteiger partial charge in [0.25, 0.3) is 5.69 Å². The topological polar surface area (TPSA) is 125 Å². The molecule has 0 heterocycles. The Hall–Kier alpha value is -3.42. The number of non-ortho nitro benzene ring substituents is 1. The van der Waals surface area contributed by atoms with Crippen molar-refractivity contribution < 1.29 is 19.2 Å². The summed E-state index contributed by atoms with van der Waals surface area (Å²) < 4.78 is 4.96. The van der Waals surface area contributed by atoms with Crippen LogP contribution in [0, 0.1) is 10.1 Å². The van der Waals surface area contributed by atoms with Crippen molar-refractivity contribution in [2.45, 2.75) is 13.0 Å². The van der Waals surface area contributed by atoms with Crippen LogP contribution in [0.5, 0.6) is 0 Å². The molecule has 0 saturated carbocycles. The lowest BCUT2D eigenvalue weighted by Crippen LogP contribution is -2.16. The fourth-order valence-corrected chi connectivity index (χ4v) is 2.08. The van der Waals surface area contributed by atoms with E-state index in [1.807, 2.05) is 30.3 Å². The van der Waals surface area contributed by atoms with Crippen LogP contribution in [-0.2, 0) is 16.1 Å². The molecule has 0 fully saturated rings. The number of nitrogens with one attached hydrogen (secondary N) is 1. The molecule has 3 N–H and O–H groups in total. The first kappa shape index (κ1) is 17.9. The third kappa shape index (κ3) is 5.31. The molecule has 2 aromatic carbocycles. The molecule has 2 aromatic rings. The molecule has 2 rings (SSSR count). The summed E-state index contributed by atoms with van der Waals surface area (Å²) in [6.45, 7) is 0.245. The molecule has 130 valence electrons. The Bertz CT molecular complexity index is 777. The number of nitrogens with zero attached hydrogens (tertiary/aromatic N) is 1. The predicted molar refractivity (Wildman–Crippen MR) is 91.0 cm³/mol. The highest BCUT2D eigenvalue weighted by atomic mass is 16.6. The maximum atomic E-state index is 12.2. The molecule has 0 aliphatic rings. The summed E-state index contributed by atoms with van der Waals surface area (Å²) in [6, 6.07) is 13.3. The van der Waals surface area contributed by atoms with Crippen molar-refractivity contribution in [1.82, 2.24) is 0 Å². The number of nitro groups is 1. The number of amides is 1. The van der Waals surface area contributed by atoms with Gasteiger partial charge in [-0.3, -0.25) is 14.9 Å². The first-order valence-corrected chi connectivity index (χ1v) is 7.49. The molecule has 8 heteroatoms. The number of carbonyl (C=O) groups excluding carboxylic acids is 2. The number of primary amides is 1. The van der Waals surface area contributed by atoms with Gasteiger partial charge in [-0.25, -0.2) is 4.79 Å². The molecule has 0 unspecified atom stereocenters. The molecule has 0 atom stereocenters. The lowest BCUT2D eigenvalue weighted by atomic mass is 10.1. The summed E-state index contributed by atoms with van der Waals surface area (Å²) in [5.74, 6) is -1.37. The van der Waals surface area contributed by atoms with E-state index >= 15 is 0 Å². The largest absolute Gasteiger partial charge is 0.461 e. The van der Waals surface area contributed by atoms with Gasteiger partial charge >= 0.3 is 5.97 Å². The maximum Gasteiger partial charge on any atom is 0.340 e. The highest BCUT2D eigenvalue weighted by Crippen LogP contribution is 2.23. The molecular weight excluding hydrogens is 326 g/mol. The number of hydrogen-bond acceptors (Lipinski definition) is 6. The number of nitrogens with two attached hydrogens (primary N) is 1. The zero-order chi connectivity index (χ0) is 18.2. The van der Waals surface area contributed by atoms with E-state index in [2.05, 4.69) is 5.32 Å². The minimum Gasteiger partial charge on any atom is -0.461 e. The number of hydrogen-bond donors (Lipinski definition) is 2. The van der Waals surface area contributed by atoms with Crippen LogP contribution in [0.25, 0.3) is 0 Å². The summed E-state index contributed by atoms with van der Waals surface area (Å²) in [7, 11) is 0. The van der Waals surface area contributed by atoms with Crippen molar-refractivity contribution in [3.63, 3.8) is 0 Å². The first-order chi connectivity index (χ1) is 12.0. The highest BCUT2D eigenvalue weighted by molar-refractivity contribution is 5.96. The molecule has 0 bridgehead atoms. The van der Waals surface area contributed by atoms with Gasteiger partial charge in [0, 0.05) is 24.4 Å². The zero-order valence-electron chi connectivity index (χ0n) is 13.3. The zero-order valence-corrected chi connectivity index (χ0v) is 13.3. The maximum absolute atomic E-state index is 12.2. The Kier molecular flexibility index (Phi) is 6.05. The van der Waals surface area contributed by atoms with E-state index in [0.29, 0.717) is 12.2 Å². The fourth-order valence-electron chi connectivity index (χ4n) is 2.08. The minimum atomic E-state index is -0.763. The van der Waals surface area contributed by atoms with E-state index in [9.17, 15) is 19.7 Å².